The van der Waals surface area contributed by atoms with E-state index in [1.807, 2.05) is 22.6 Å². The molecule has 0 radical (unpaired) electrons. The molecule has 1 aromatic rings. The van der Waals surface area contributed by atoms with Gasteiger partial charge < -0.3 is 15.2 Å². The molecule has 0 saturated carbocycles. The zero-order valence-electron chi connectivity index (χ0n) is 7.11. The SMILES string of the molecule is O=C(O)NCCOc1ccc(I)nn1. The van der Waals surface area contributed by atoms with Crippen molar-refractivity contribution in [1.82, 2.24) is 15.5 Å². The molecule has 0 aliphatic heterocycles. The number of ether oxygens (including phenoxy) is 1. The molecule has 0 spiro atoms. The van der Waals surface area contributed by atoms with Gasteiger partial charge in [0.2, 0.25) is 5.88 Å². The summed E-state index contributed by atoms with van der Waals surface area (Å²) in [6, 6.07) is 3.43. The van der Waals surface area contributed by atoms with E-state index in [4.69, 9.17) is 9.84 Å². The third-order valence-corrected chi connectivity index (χ3v) is 1.81. The fourth-order valence-electron chi connectivity index (χ4n) is 0.694. The second kappa shape index (κ2) is 5.58. The molecule has 1 rings (SSSR count). The lowest BCUT2D eigenvalue weighted by molar-refractivity contribution is 0.190. The summed E-state index contributed by atoms with van der Waals surface area (Å²) in [5, 5.41) is 17.9. The minimum atomic E-state index is -1.07. The number of amides is 1. The lowest BCUT2D eigenvalue weighted by Gasteiger charge is -2.03. The fourth-order valence-corrected chi connectivity index (χ4v) is 0.982. The quantitative estimate of drug-likeness (QED) is 0.633. The normalized spacial score (nSPS) is 9.50. The zero-order chi connectivity index (χ0) is 10.4. The van der Waals surface area contributed by atoms with Gasteiger partial charge in [0, 0.05) is 6.07 Å². The summed E-state index contributed by atoms with van der Waals surface area (Å²) in [6.07, 6.45) is -1.07. The van der Waals surface area contributed by atoms with Crippen LogP contribution in [0.4, 0.5) is 4.79 Å². The molecule has 0 atom stereocenters. The number of nitrogens with one attached hydrogen (secondary N) is 1. The Morgan fingerprint density at radius 3 is 2.93 bits per heavy atom. The predicted molar refractivity (Wildman–Crippen MR) is 56.3 cm³/mol. The summed E-state index contributed by atoms with van der Waals surface area (Å²) in [5.41, 5.74) is 0. The molecule has 6 nitrogen and oxygen atoms in total. The molecule has 0 fully saturated rings. The molecular weight excluding hydrogens is 301 g/mol. The maximum absolute atomic E-state index is 10.1. The molecule has 1 amide bonds. The maximum atomic E-state index is 10.1. The van der Waals surface area contributed by atoms with Crippen molar-refractivity contribution in [1.29, 1.82) is 0 Å². The minimum Gasteiger partial charge on any atom is -0.475 e. The lowest BCUT2D eigenvalue weighted by atomic mass is 10.6. The van der Waals surface area contributed by atoms with Crippen LogP contribution >= 0.6 is 22.6 Å². The van der Waals surface area contributed by atoms with E-state index in [1.165, 1.54) is 0 Å². The van der Waals surface area contributed by atoms with E-state index >= 15 is 0 Å². The maximum Gasteiger partial charge on any atom is 0.404 e. The molecule has 0 bridgehead atoms. The predicted octanol–water partition coefficient (Wildman–Crippen LogP) is 0.728. The summed E-state index contributed by atoms with van der Waals surface area (Å²) >= 11 is 2.03. The topological polar surface area (TPSA) is 84.3 Å². The molecule has 0 saturated heterocycles. The second-order valence-corrected chi connectivity index (χ2v) is 3.38. The van der Waals surface area contributed by atoms with Crippen molar-refractivity contribution in [3.05, 3.63) is 15.8 Å². The largest absolute Gasteiger partial charge is 0.475 e. The van der Waals surface area contributed by atoms with Crippen LogP contribution in [0.3, 0.4) is 0 Å². The first-order valence-electron chi connectivity index (χ1n) is 3.77. The van der Waals surface area contributed by atoms with E-state index < -0.39 is 6.09 Å². The van der Waals surface area contributed by atoms with E-state index in [0.29, 0.717) is 5.88 Å². The highest BCUT2D eigenvalue weighted by Gasteiger charge is 1.97. The summed E-state index contributed by atoms with van der Waals surface area (Å²) < 4.78 is 5.89. The van der Waals surface area contributed by atoms with Crippen molar-refractivity contribution in [2.45, 2.75) is 0 Å². The smallest absolute Gasteiger partial charge is 0.404 e. The molecule has 0 unspecified atom stereocenters. The molecule has 1 heterocycles. The van der Waals surface area contributed by atoms with Crippen LogP contribution < -0.4 is 10.1 Å². The molecular formula is C7H8IN3O3. The van der Waals surface area contributed by atoms with E-state index in [2.05, 4.69) is 15.5 Å². The van der Waals surface area contributed by atoms with Crippen molar-refractivity contribution in [2.24, 2.45) is 0 Å². The average molecular weight is 309 g/mol. The molecule has 7 heteroatoms. The van der Waals surface area contributed by atoms with Gasteiger partial charge in [0.25, 0.3) is 0 Å². The van der Waals surface area contributed by atoms with Crippen LogP contribution in [0.5, 0.6) is 5.88 Å². The number of halogens is 1. The zero-order valence-corrected chi connectivity index (χ0v) is 9.26. The monoisotopic (exact) mass is 309 g/mol. The first-order valence-corrected chi connectivity index (χ1v) is 4.85. The van der Waals surface area contributed by atoms with Crippen molar-refractivity contribution in [3.63, 3.8) is 0 Å². The lowest BCUT2D eigenvalue weighted by Crippen LogP contribution is -2.26. The molecule has 2 N–H and O–H groups in total. The number of carbonyl (C=O) groups is 1. The Bertz CT molecular complexity index is 304. The second-order valence-electron chi connectivity index (χ2n) is 2.27. The van der Waals surface area contributed by atoms with Crippen molar-refractivity contribution in [2.75, 3.05) is 13.2 Å². The van der Waals surface area contributed by atoms with Crippen molar-refractivity contribution in [3.8, 4) is 5.88 Å². The summed E-state index contributed by atoms with van der Waals surface area (Å²) in [6.45, 7) is 0.463. The molecule has 0 aromatic carbocycles. The number of aromatic nitrogens is 2. The fraction of sp³-hybridized carbons (Fsp3) is 0.286. The summed E-state index contributed by atoms with van der Waals surface area (Å²) in [7, 11) is 0. The van der Waals surface area contributed by atoms with Gasteiger partial charge in [-0.05, 0) is 28.7 Å². The van der Waals surface area contributed by atoms with Gasteiger partial charge in [0.05, 0.1) is 6.54 Å². The average Bonchev–Trinajstić information content (AvgIpc) is 2.15. The highest BCUT2D eigenvalue weighted by Crippen LogP contribution is 2.05. The van der Waals surface area contributed by atoms with E-state index in [1.54, 1.807) is 12.1 Å². The third-order valence-electron chi connectivity index (χ3n) is 1.24. The number of carboxylic acid groups (broad SMARTS) is 1. The van der Waals surface area contributed by atoms with Crippen molar-refractivity contribution >= 4 is 28.7 Å². The highest BCUT2D eigenvalue weighted by atomic mass is 127. The van der Waals surface area contributed by atoms with Gasteiger partial charge >= 0.3 is 6.09 Å². The van der Waals surface area contributed by atoms with Gasteiger partial charge in [-0.3, -0.25) is 0 Å². The van der Waals surface area contributed by atoms with Crippen molar-refractivity contribution < 1.29 is 14.6 Å². The van der Waals surface area contributed by atoms with E-state index in [-0.39, 0.29) is 13.2 Å². The summed E-state index contributed by atoms with van der Waals surface area (Å²) in [5.74, 6) is 0.387. The van der Waals surface area contributed by atoms with Gasteiger partial charge in [-0.2, -0.15) is 0 Å². The van der Waals surface area contributed by atoms with Gasteiger partial charge in [-0.15, -0.1) is 10.2 Å². The Kier molecular flexibility index (Phi) is 4.36. The molecule has 14 heavy (non-hydrogen) atoms. The van der Waals surface area contributed by atoms with Crippen LogP contribution in [0.25, 0.3) is 0 Å². The van der Waals surface area contributed by atoms with Gasteiger partial charge in [-0.25, -0.2) is 4.79 Å². The first kappa shape index (κ1) is 11.0. The number of hydrogen-bond donors (Lipinski definition) is 2. The van der Waals surface area contributed by atoms with Gasteiger partial charge in [-0.1, -0.05) is 0 Å². The summed E-state index contributed by atoms with van der Waals surface area (Å²) in [4.78, 5) is 10.1. The number of rotatable bonds is 4. The number of nitrogens with zero attached hydrogens (tertiary/aromatic N) is 2. The number of hydrogen-bond acceptors (Lipinski definition) is 4. The van der Waals surface area contributed by atoms with E-state index in [9.17, 15) is 4.79 Å². The highest BCUT2D eigenvalue weighted by molar-refractivity contribution is 14.1. The Morgan fingerprint density at radius 1 is 1.57 bits per heavy atom. The Hall–Kier alpha value is -1.12. The van der Waals surface area contributed by atoms with Crippen LogP contribution in [0.2, 0.25) is 0 Å². The van der Waals surface area contributed by atoms with Gasteiger partial charge in [0.1, 0.15) is 10.3 Å². The minimum absolute atomic E-state index is 0.225. The van der Waals surface area contributed by atoms with Gasteiger partial charge in [0.15, 0.2) is 0 Å². The Balaban J connectivity index is 2.25. The molecule has 1 aromatic heterocycles. The standard InChI is InChI=1S/C7H8IN3O3/c8-5-1-2-6(11-10-5)14-4-3-9-7(12)13/h1-2,9H,3-4H2,(H,12,13). The van der Waals surface area contributed by atoms with Crippen LogP contribution in [-0.2, 0) is 0 Å². The van der Waals surface area contributed by atoms with Crippen LogP contribution in [-0.4, -0.2) is 34.5 Å². The first-order chi connectivity index (χ1) is 6.68. The van der Waals surface area contributed by atoms with Crippen LogP contribution in [0, 0.1) is 3.70 Å². The molecule has 0 aliphatic rings. The Labute approximate surface area is 93.8 Å². The third kappa shape index (κ3) is 4.21. The molecule has 0 aliphatic carbocycles. The Morgan fingerprint density at radius 2 is 2.36 bits per heavy atom. The van der Waals surface area contributed by atoms with E-state index in [0.717, 1.165) is 3.70 Å². The van der Waals surface area contributed by atoms with Crippen LogP contribution in [0.15, 0.2) is 12.1 Å². The van der Waals surface area contributed by atoms with Crippen LogP contribution in [0.1, 0.15) is 0 Å². The molecule has 76 valence electrons.